The summed E-state index contributed by atoms with van der Waals surface area (Å²) in [6.07, 6.45) is 0.632. The van der Waals surface area contributed by atoms with Crippen molar-refractivity contribution in [2.24, 2.45) is 0 Å². The number of hydrogen-bond acceptors (Lipinski definition) is 3. The van der Waals surface area contributed by atoms with Gasteiger partial charge >= 0.3 is 5.97 Å². The van der Waals surface area contributed by atoms with Gasteiger partial charge in [0.25, 0.3) is 0 Å². The van der Waals surface area contributed by atoms with Crippen molar-refractivity contribution in [3.63, 3.8) is 0 Å². The minimum atomic E-state index is -0.564. The summed E-state index contributed by atoms with van der Waals surface area (Å²) < 4.78 is 5.05. The molecular formula is C9H6BrClO3. The number of hydrogen-bond donors (Lipinski definition) is 0. The van der Waals surface area contributed by atoms with Crippen LogP contribution in [0.1, 0.15) is 20.7 Å². The topological polar surface area (TPSA) is 43.4 Å². The van der Waals surface area contributed by atoms with Gasteiger partial charge in [0, 0.05) is 10.0 Å². The lowest BCUT2D eigenvalue weighted by Crippen LogP contribution is -2.03. The van der Waals surface area contributed by atoms with E-state index in [2.05, 4.69) is 20.7 Å². The van der Waals surface area contributed by atoms with E-state index in [1.54, 1.807) is 0 Å². The monoisotopic (exact) mass is 276 g/mol. The molecule has 74 valence electrons. The Bertz CT molecular complexity index is 390. The van der Waals surface area contributed by atoms with E-state index in [-0.39, 0.29) is 10.6 Å². The molecule has 0 atom stereocenters. The molecule has 0 N–H and O–H groups in total. The summed E-state index contributed by atoms with van der Waals surface area (Å²) in [6.45, 7) is 0. The summed E-state index contributed by atoms with van der Waals surface area (Å²) in [5.74, 6) is -0.564. The van der Waals surface area contributed by atoms with Crippen LogP contribution in [0, 0.1) is 0 Å². The highest BCUT2D eigenvalue weighted by Gasteiger charge is 2.13. The first-order chi connectivity index (χ1) is 6.60. The normalized spacial score (nSPS) is 9.64. The van der Waals surface area contributed by atoms with Gasteiger partial charge in [0.15, 0.2) is 6.29 Å². The Hall–Kier alpha value is -0.870. The second kappa shape index (κ2) is 4.57. The zero-order valence-corrected chi connectivity index (χ0v) is 9.55. The fraction of sp³-hybridized carbons (Fsp3) is 0.111. The lowest BCUT2D eigenvalue weighted by atomic mass is 10.1. The molecule has 0 aliphatic rings. The summed E-state index contributed by atoms with van der Waals surface area (Å²) in [5.41, 5.74) is 0.536. The molecule has 0 spiro atoms. The van der Waals surface area contributed by atoms with Gasteiger partial charge in [-0.1, -0.05) is 27.5 Å². The Balaban J connectivity index is 3.30. The van der Waals surface area contributed by atoms with Crippen molar-refractivity contribution in [2.45, 2.75) is 0 Å². The molecule has 1 aromatic carbocycles. The Labute approximate surface area is 94.1 Å². The lowest BCUT2D eigenvalue weighted by Gasteiger charge is -2.04. The molecule has 0 saturated carbocycles. The molecule has 0 aromatic heterocycles. The first-order valence-corrected chi connectivity index (χ1v) is 4.79. The maximum atomic E-state index is 11.2. The maximum absolute atomic E-state index is 11.2. The van der Waals surface area contributed by atoms with Crippen molar-refractivity contribution in [1.82, 2.24) is 0 Å². The van der Waals surface area contributed by atoms with E-state index in [0.29, 0.717) is 16.3 Å². The third kappa shape index (κ3) is 2.13. The highest BCUT2D eigenvalue weighted by molar-refractivity contribution is 9.10. The number of esters is 1. The summed E-state index contributed by atoms with van der Waals surface area (Å²) in [6, 6.07) is 2.86. The molecular weight excluding hydrogens is 271 g/mol. The molecule has 0 heterocycles. The molecule has 0 fully saturated rings. The molecule has 0 amide bonds. The number of aldehydes is 1. The van der Waals surface area contributed by atoms with E-state index in [4.69, 9.17) is 11.6 Å². The number of carbonyl (C=O) groups is 2. The largest absolute Gasteiger partial charge is 0.465 e. The second-order valence-electron chi connectivity index (χ2n) is 2.46. The van der Waals surface area contributed by atoms with E-state index in [0.717, 1.165) is 0 Å². The van der Waals surface area contributed by atoms with Gasteiger partial charge in [-0.3, -0.25) is 4.79 Å². The van der Waals surface area contributed by atoms with Crippen molar-refractivity contribution >= 4 is 39.8 Å². The molecule has 3 nitrogen and oxygen atoms in total. The molecule has 1 rings (SSSR count). The summed E-state index contributed by atoms with van der Waals surface area (Å²) in [5, 5.41) is 0.245. The molecule has 0 bridgehead atoms. The van der Waals surface area contributed by atoms with Crippen LogP contribution < -0.4 is 0 Å². The molecule has 0 unspecified atom stereocenters. The maximum Gasteiger partial charge on any atom is 0.339 e. The van der Waals surface area contributed by atoms with Crippen molar-refractivity contribution in [3.05, 3.63) is 32.8 Å². The van der Waals surface area contributed by atoms with Crippen LogP contribution in [0.25, 0.3) is 0 Å². The summed E-state index contributed by atoms with van der Waals surface area (Å²) in [7, 11) is 1.25. The lowest BCUT2D eigenvalue weighted by molar-refractivity contribution is 0.0601. The van der Waals surface area contributed by atoms with Crippen LogP contribution in [-0.2, 0) is 4.74 Å². The van der Waals surface area contributed by atoms with Crippen LogP contribution in [-0.4, -0.2) is 19.4 Å². The van der Waals surface area contributed by atoms with Gasteiger partial charge in [0.2, 0.25) is 0 Å². The summed E-state index contributed by atoms with van der Waals surface area (Å²) in [4.78, 5) is 21.8. The molecule has 0 radical (unpaired) electrons. The number of rotatable bonds is 2. The van der Waals surface area contributed by atoms with Crippen molar-refractivity contribution in [2.75, 3.05) is 7.11 Å². The molecule has 0 aliphatic heterocycles. The molecule has 1 aromatic rings. The third-order valence-electron chi connectivity index (χ3n) is 1.62. The Kier molecular flexibility index (Phi) is 3.66. The van der Waals surface area contributed by atoms with E-state index in [9.17, 15) is 9.59 Å². The van der Waals surface area contributed by atoms with Gasteiger partial charge < -0.3 is 4.74 Å². The van der Waals surface area contributed by atoms with Crippen LogP contribution in [0.3, 0.4) is 0 Å². The number of benzene rings is 1. The summed E-state index contributed by atoms with van der Waals surface area (Å²) >= 11 is 8.93. The van der Waals surface area contributed by atoms with Gasteiger partial charge in [0.05, 0.1) is 17.7 Å². The van der Waals surface area contributed by atoms with Crippen molar-refractivity contribution in [3.8, 4) is 0 Å². The predicted molar refractivity (Wildman–Crippen MR) is 55.9 cm³/mol. The van der Waals surface area contributed by atoms with Gasteiger partial charge in [-0.05, 0) is 12.1 Å². The van der Waals surface area contributed by atoms with Crippen LogP contribution in [0.5, 0.6) is 0 Å². The average Bonchev–Trinajstić information content (AvgIpc) is 2.17. The second-order valence-corrected chi connectivity index (χ2v) is 3.72. The molecule has 14 heavy (non-hydrogen) atoms. The minimum absolute atomic E-state index is 0.180. The van der Waals surface area contributed by atoms with Crippen LogP contribution >= 0.6 is 27.5 Å². The van der Waals surface area contributed by atoms with E-state index >= 15 is 0 Å². The zero-order valence-electron chi connectivity index (χ0n) is 7.21. The first-order valence-electron chi connectivity index (χ1n) is 3.62. The van der Waals surface area contributed by atoms with E-state index in [1.807, 2.05) is 0 Å². The Morgan fingerprint density at radius 2 is 2.21 bits per heavy atom. The quantitative estimate of drug-likeness (QED) is 0.616. The van der Waals surface area contributed by atoms with Crippen LogP contribution in [0.2, 0.25) is 5.02 Å². The van der Waals surface area contributed by atoms with E-state index < -0.39 is 5.97 Å². The molecule has 0 saturated heterocycles. The number of ether oxygens (including phenoxy) is 1. The van der Waals surface area contributed by atoms with Crippen LogP contribution in [0.4, 0.5) is 0 Å². The number of halogens is 2. The fourth-order valence-corrected chi connectivity index (χ4v) is 1.73. The van der Waals surface area contributed by atoms with Gasteiger partial charge in [0.1, 0.15) is 0 Å². The number of methoxy groups -OCH3 is 1. The molecule has 0 aliphatic carbocycles. The SMILES string of the molecule is COC(=O)c1cc(C=O)c(Br)cc1Cl. The molecule has 5 heteroatoms. The Morgan fingerprint density at radius 1 is 1.57 bits per heavy atom. The standard InChI is InChI=1S/C9H6BrClO3/c1-14-9(13)6-2-5(4-12)7(10)3-8(6)11/h2-4H,1H3. The predicted octanol–water partition coefficient (Wildman–Crippen LogP) is 2.70. The Morgan fingerprint density at radius 3 is 2.71 bits per heavy atom. The van der Waals surface area contributed by atoms with E-state index in [1.165, 1.54) is 19.2 Å². The van der Waals surface area contributed by atoms with Gasteiger partial charge in [-0.15, -0.1) is 0 Å². The van der Waals surface area contributed by atoms with Gasteiger partial charge in [-0.25, -0.2) is 4.79 Å². The highest BCUT2D eigenvalue weighted by atomic mass is 79.9. The zero-order chi connectivity index (χ0) is 10.7. The smallest absolute Gasteiger partial charge is 0.339 e. The minimum Gasteiger partial charge on any atom is -0.465 e. The third-order valence-corrected chi connectivity index (χ3v) is 2.62. The van der Waals surface area contributed by atoms with Crippen molar-refractivity contribution in [1.29, 1.82) is 0 Å². The highest BCUT2D eigenvalue weighted by Crippen LogP contribution is 2.25. The first kappa shape index (κ1) is 11.2. The van der Waals surface area contributed by atoms with Crippen molar-refractivity contribution < 1.29 is 14.3 Å². The van der Waals surface area contributed by atoms with Crippen LogP contribution in [0.15, 0.2) is 16.6 Å². The average molecular weight is 278 g/mol. The number of carbonyl (C=O) groups excluding carboxylic acids is 2. The fourth-order valence-electron chi connectivity index (χ4n) is 0.922. The van der Waals surface area contributed by atoms with Gasteiger partial charge in [-0.2, -0.15) is 0 Å².